The lowest BCUT2D eigenvalue weighted by molar-refractivity contribution is 0.181. The first-order valence-corrected chi connectivity index (χ1v) is 7.65. The molecule has 108 valence electrons. The molecule has 0 aromatic carbocycles. The van der Waals surface area contributed by atoms with Gasteiger partial charge in [0.1, 0.15) is 0 Å². The van der Waals surface area contributed by atoms with Gasteiger partial charge in [-0.15, -0.1) is 0 Å². The van der Waals surface area contributed by atoms with Gasteiger partial charge in [0.15, 0.2) is 0 Å². The van der Waals surface area contributed by atoms with Crippen molar-refractivity contribution in [3.05, 3.63) is 18.0 Å². The van der Waals surface area contributed by atoms with Crippen LogP contribution in [0.1, 0.15) is 51.3 Å². The normalized spacial score (nSPS) is 22.6. The van der Waals surface area contributed by atoms with Gasteiger partial charge in [-0.05, 0) is 45.8 Å². The minimum absolute atomic E-state index is 0.498. The van der Waals surface area contributed by atoms with E-state index in [1.807, 2.05) is 0 Å². The van der Waals surface area contributed by atoms with Gasteiger partial charge in [-0.25, -0.2) is 0 Å². The van der Waals surface area contributed by atoms with Gasteiger partial charge in [-0.2, -0.15) is 5.10 Å². The standard InChI is InChI=1S/C15H28N4/c1-4-13(2)19-10-8-14(17-19)11-16-12-15-7-5-6-9-18(15)3/h8,10,13,15-16H,4-7,9,11-12H2,1-3H3. The summed E-state index contributed by atoms with van der Waals surface area (Å²) in [6.07, 6.45) is 7.27. The van der Waals surface area contributed by atoms with Gasteiger partial charge in [0, 0.05) is 31.4 Å². The predicted octanol–water partition coefficient (Wildman–Crippen LogP) is 2.43. The zero-order chi connectivity index (χ0) is 13.7. The average Bonchev–Trinajstić information content (AvgIpc) is 2.89. The summed E-state index contributed by atoms with van der Waals surface area (Å²) in [5.41, 5.74) is 1.15. The Morgan fingerprint density at radius 2 is 2.32 bits per heavy atom. The molecule has 2 atom stereocenters. The molecule has 4 heteroatoms. The molecule has 2 unspecified atom stereocenters. The first kappa shape index (κ1) is 14.5. The zero-order valence-corrected chi connectivity index (χ0v) is 12.6. The van der Waals surface area contributed by atoms with Crippen LogP contribution in [0.25, 0.3) is 0 Å². The Balaban J connectivity index is 1.74. The highest BCUT2D eigenvalue weighted by Crippen LogP contribution is 2.14. The van der Waals surface area contributed by atoms with E-state index in [-0.39, 0.29) is 0 Å². The van der Waals surface area contributed by atoms with E-state index in [4.69, 9.17) is 0 Å². The molecule has 0 aliphatic carbocycles. The number of likely N-dealkylation sites (N-methyl/N-ethyl adjacent to an activating group) is 1. The van der Waals surface area contributed by atoms with Crippen LogP contribution >= 0.6 is 0 Å². The molecule has 19 heavy (non-hydrogen) atoms. The Labute approximate surface area is 117 Å². The smallest absolute Gasteiger partial charge is 0.0762 e. The second kappa shape index (κ2) is 7.06. The summed E-state index contributed by atoms with van der Waals surface area (Å²) in [5, 5.41) is 8.18. The number of aromatic nitrogens is 2. The third-order valence-electron chi connectivity index (χ3n) is 4.31. The minimum Gasteiger partial charge on any atom is -0.310 e. The number of rotatable bonds is 6. The highest BCUT2D eigenvalue weighted by Gasteiger charge is 2.18. The average molecular weight is 264 g/mol. The molecule has 2 rings (SSSR count). The number of piperidine rings is 1. The molecule has 0 bridgehead atoms. The quantitative estimate of drug-likeness (QED) is 0.856. The maximum absolute atomic E-state index is 4.62. The molecule has 1 aliphatic rings. The molecule has 2 heterocycles. The summed E-state index contributed by atoms with van der Waals surface area (Å²) in [6, 6.07) is 3.33. The molecule has 0 radical (unpaired) electrons. The fourth-order valence-electron chi connectivity index (χ4n) is 2.67. The van der Waals surface area contributed by atoms with Gasteiger partial charge < -0.3 is 10.2 Å². The fraction of sp³-hybridized carbons (Fsp3) is 0.800. The lowest BCUT2D eigenvalue weighted by Crippen LogP contribution is -2.42. The van der Waals surface area contributed by atoms with Gasteiger partial charge in [-0.1, -0.05) is 13.3 Å². The lowest BCUT2D eigenvalue weighted by Gasteiger charge is -2.32. The van der Waals surface area contributed by atoms with Gasteiger partial charge in [0.25, 0.3) is 0 Å². The Morgan fingerprint density at radius 1 is 1.47 bits per heavy atom. The molecule has 4 nitrogen and oxygen atoms in total. The van der Waals surface area contributed by atoms with E-state index < -0.39 is 0 Å². The molecular weight excluding hydrogens is 236 g/mol. The van der Waals surface area contributed by atoms with Gasteiger partial charge in [-0.3, -0.25) is 4.68 Å². The van der Waals surface area contributed by atoms with Crippen LogP contribution in [0.2, 0.25) is 0 Å². The Bertz CT molecular complexity index is 374. The molecule has 1 saturated heterocycles. The third-order valence-corrected chi connectivity index (χ3v) is 4.31. The monoisotopic (exact) mass is 264 g/mol. The van der Waals surface area contributed by atoms with E-state index in [2.05, 4.69) is 53.2 Å². The minimum atomic E-state index is 0.498. The van der Waals surface area contributed by atoms with Gasteiger partial charge in [0.2, 0.25) is 0 Å². The van der Waals surface area contributed by atoms with Crippen LogP contribution in [-0.2, 0) is 6.54 Å². The second-order valence-corrected chi connectivity index (χ2v) is 5.81. The first-order valence-electron chi connectivity index (χ1n) is 7.65. The van der Waals surface area contributed by atoms with Crippen LogP contribution in [-0.4, -0.2) is 40.9 Å². The molecule has 0 spiro atoms. The number of likely N-dealkylation sites (tertiary alicyclic amines) is 1. The van der Waals surface area contributed by atoms with Crippen LogP contribution in [0.4, 0.5) is 0 Å². The summed E-state index contributed by atoms with van der Waals surface area (Å²) >= 11 is 0. The fourth-order valence-corrected chi connectivity index (χ4v) is 2.67. The van der Waals surface area contributed by atoms with Crippen LogP contribution in [0.5, 0.6) is 0 Å². The van der Waals surface area contributed by atoms with Crippen molar-refractivity contribution in [1.29, 1.82) is 0 Å². The number of hydrogen-bond donors (Lipinski definition) is 1. The van der Waals surface area contributed by atoms with E-state index in [9.17, 15) is 0 Å². The number of nitrogens with zero attached hydrogens (tertiary/aromatic N) is 3. The molecule has 0 saturated carbocycles. The molecule has 1 aliphatic heterocycles. The molecule has 1 fully saturated rings. The lowest BCUT2D eigenvalue weighted by atomic mass is 10.0. The highest BCUT2D eigenvalue weighted by atomic mass is 15.3. The van der Waals surface area contributed by atoms with E-state index in [1.54, 1.807) is 0 Å². The van der Waals surface area contributed by atoms with Crippen LogP contribution < -0.4 is 5.32 Å². The molecule has 1 aromatic heterocycles. The third kappa shape index (κ3) is 4.05. The van der Waals surface area contributed by atoms with Crippen molar-refractivity contribution in [3.8, 4) is 0 Å². The summed E-state index contributed by atoms with van der Waals surface area (Å²) in [7, 11) is 2.24. The van der Waals surface area contributed by atoms with Crippen LogP contribution in [0.15, 0.2) is 12.3 Å². The predicted molar refractivity (Wildman–Crippen MR) is 79.2 cm³/mol. The van der Waals surface area contributed by atoms with Crippen molar-refractivity contribution in [2.24, 2.45) is 0 Å². The van der Waals surface area contributed by atoms with E-state index in [1.165, 1.54) is 25.8 Å². The van der Waals surface area contributed by atoms with Crippen molar-refractivity contribution in [3.63, 3.8) is 0 Å². The topological polar surface area (TPSA) is 33.1 Å². The first-order chi connectivity index (χ1) is 9.20. The van der Waals surface area contributed by atoms with Crippen LogP contribution in [0, 0.1) is 0 Å². The largest absolute Gasteiger partial charge is 0.310 e. The maximum atomic E-state index is 4.62. The number of nitrogens with one attached hydrogen (secondary N) is 1. The SMILES string of the molecule is CCC(C)n1ccc(CNCC2CCCCN2C)n1. The maximum Gasteiger partial charge on any atom is 0.0762 e. The zero-order valence-electron chi connectivity index (χ0n) is 12.6. The Morgan fingerprint density at radius 3 is 3.05 bits per heavy atom. The van der Waals surface area contributed by atoms with Crippen molar-refractivity contribution in [1.82, 2.24) is 20.0 Å². The van der Waals surface area contributed by atoms with E-state index >= 15 is 0 Å². The van der Waals surface area contributed by atoms with Crippen LogP contribution in [0.3, 0.4) is 0 Å². The van der Waals surface area contributed by atoms with Gasteiger partial charge >= 0.3 is 0 Å². The van der Waals surface area contributed by atoms with Crippen molar-refractivity contribution in [2.75, 3.05) is 20.1 Å². The van der Waals surface area contributed by atoms with E-state index in [0.29, 0.717) is 12.1 Å². The number of hydrogen-bond acceptors (Lipinski definition) is 3. The Kier molecular flexibility index (Phi) is 5.40. The summed E-state index contributed by atoms with van der Waals surface area (Å²) < 4.78 is 2.07. The Hall–Kier alpha value is -0.870. The van der Waals surface area contributed by atoms with Crippen molar-refractivity contribution < 1.29 is 0 Å². The highest BCUT2D eigenvalue weighted by molar-refractivity contribution is 4.99. The summed E-state index contributed by atoms with van der Waals surface area (Å²) in [6.45, 7) is 7.61. The van der Waals surface area contributed by atoms with Gasteiger partial charge in [0.05, 0.1) is 5.69 Å². The van der Waals surface area contributed by atoms with E-state index in [0.717, 1.165) is 25.2 Å². The molecule has 1 N–H and O–H groups in total. The molecular formula is C15H28N4. The second-order valence-electron chi connectivity index (χ2n) is 5.81. The molecule has 0 amide bonds. The molecule has 1 aromatic rings. The summed E-state index contributed by atoms with van der Waals surface area (Å²) in [4.78, 5) is 2.48. The summed E-state index contributed by atoms with van der Waals surface area (Å²) in [5.74, 6) is 0. The van der Waals surface area contributed by atoms with Crippen molar-refractivity contribution >= 4 is 0 Å². The van der Waals surface area contributed by atoms with Crippen molar-refractivity contribution in [2.45, 2.75) is 58.2 Å².